The summed E-state index contributed by atoms with van der Waals surface area (Å²) < 4.78 is 5.58. The molecule has 0 unspecified atom stereocenters. The van der Waals surface area contributed by atoms with Crippen molar-refractivity contribution in [3.05, 3.63) is 60.7 Å². The number of rotatable bonds is 2. The maximum Gasteiger partial charge on any atom is 0.130 e. The Morgan fingerprint density at radius 2 is 1.24 bits per heavy atom. The van der Waals surface area contributed by atoms with Crippen molar-refractivity contribution < 1.29 is 9.84 Å². The molecule has 2 rings (SSSR count). The smallest absolute Gasteiger partial charge is 0.130 e. The Bertz CT molecular complexity index is 411. The Hall–Kier alpha value is -2.31. The molecule has 17 heavy (non-hydrogen) atoms. The Morgan fingerprint density at radius 1 is 0.882 bits per heavy atom. The molecule has 2 aromatic carbocycles. The number of aliphatic hydroxyl groups is 1. The van der Waals surface area contributed by atoms with Gasteiger partial charge in [-0.25, -0.2) is 0 Å². The molecule has 0 aromatic heterocycles. The summed E-state index contributed by atoms with van der Waals surface area (Å²) in [4.78, 5) is 0. The molecule has 0 saturated heterocycles. The molecule has 3 heteroatoms. The van der Waals surface area contributed by atoms with Crippen LogP contribution in [0.3, 0.4) is 0 Å². The third kappa shape index (κ3) is 5.36. The molecular weight excluding hydrogens is 214 g/mol. The van der Waals surface area contributed by atoms with Gasteiger partial charge in [-0.05, 0) is 24.3 Å². The van der Waals surface area contributed by atoms with Crippen molar-refractivity contribution in [1.29, 1.82) is 5.26 Å². The van der Waals surface area contributed by atoms with E-state index in [9.17, 15) is 0 Å². The van der Waals surface area contributed by atoms with Gasteiger partial charge in [0, 0.05) is 0 Å². The molecule has 0 amide bonds. The fourth-order valence-electron chi connectivity index (χ4n) is 1.11. The number of ether oxygens (including phenoxy) is 1. The fraction of sp³-hybridized carbons (Fsp3) is 0.0714. The van der Waals surface area contributed by atoms with Crippen molar-refractivity contribution in [2.24, 2.45) is 0 Å². The van der Waals surface area contributed by atoms with Crippen LogP contribution in [0.15, 0.2) is 60.7 Å². The summed E-state index contributed by atoms with van der Waals surface area (Å²) in [5.41, 5.74) is 0. The summed E-state index contributed by atoms with van der Waals surface area (Å²) >= 11 is 0. The summed E-state index contributed by atoms with van der Waals surface area (Å²) in [6.07, 6.45) is 0. The number of nitrogens with zero attached hydrogens (tertiary/aromatic N) is 1. The van der Waals surface area contributed by atoms with E-state index < -0.39 is 0 Å². The second kappa shape index (κ2) is 7.91. The molecule has 0 fully saturated rings. The van der Waals surface area contributed by atoms with Crippen molar-refractivity contribution in [3.63, 3.8) is 0 Å². The molecule has 0 bridgehead atoms. The van der Waals surface area contributed by atoms with Crippen LogP contribution in [0, 0.1) is 11.3 Å². The van der Waals surface area contributed by atoms with Gasteiger partial charge in [-0.1, -0.05) is 36.4 Å². The van der Waals surface area contributed by atoms with E-state index in [0.29, 0.717) is 0 Å². The summed E-state index contributed by atoms with van der Waals surface area (Å²) in [6, 6.07) is 21.0. The summed E-state index contributed by atoms with van der Waals surface area (Å²) in [7, 11) is 0. The maximum atomic E-state index is 7.51. The average Bonchev–Trinajstić information content (AvgIpc) is 2.41. The van der Waals surface area contributed by atoms with Gasteiger partial charge in [-0.3, -0.25) is 0 Å². The number of hydrogen-bond donors (Lipinski definition) is 1. The van der Waals surface area contributed by atoms with Crippen LogP contribution < -0.4 is 4.74 Å². The summed E-state index contributed by atoms with van der Waals surface area (Å²) in [5.74, 6) is 1.74. The molecule has 0 spiro atoms. The predicted molar refractivity (Wildman–Crippen MR) is 65.7 cm³/mol. The first-order chi connectivity index (χ1) is 8.36. The molecule has 0 atom stereocenters. The van der Waals surface area contributed by atoms with E-state index >= 15 is 0 Å². The zero-order chi connectivity index (χ0) is 12.3. The van der Waals surface area contributed by atoms with Gasteiger partial charge in [0.15, 0.2) is 0 Å². The molecule has 1 N–H and O–H groups in total. The topological polar surface area (TPSA) is 53.2 Å². The van der Waals surface area contributed by atoms with E-state index in [0.717, 1.165) is 11.5 Å². The molecule has 0 aliphatic rings. The van der Waals surface area contributed by atoms with Gasteiger partial charge in [-0.2, -0.15) is 5.26 Å². The zero-order valence-electron chi connectivity index (χ0n) is 9.28. The van der Waals surface area contributed by atoms with Gasteiger partial charge in [-0.15, -0.1) is 0 Å². The Kier molecular flexibility index (Phi) is 5.94. The van der Waals surface area contributed by atoms with Crippen LogP contribution in [-0.2, 0) is 0 Å². The highest BCUT2D eigenvalue weighted by Crippen LogP contribution is 2.19. The van der Waals surface area contributed by atoms with Gasteiger partial charge in [0.25, 0.3) is 0 Å². The highest BCUT2D eigenvalue weighted by atomic mass is 16.5. The standard InChI is InChI=1S/C12H10O.C2H3NO/c1-3-7-11(8-4-1)13-12-9-5-2-6-10-12;3-1-2-4/h1-10H;4H,2H2. The third-order valence-corrected chi connectivity index (χ3v) is 1.79. The van der Waals surface area contributed by atoms with E-state index in [1.54, 1.807) is 0 Å². The van der Waals surface area contributed by atoms with Crippen molar-refractivity contribution in [2.45, 2.75) is 0 Å². The number of benzene rings is 2. The van der Waals surface area contributed by atoms with Gasteiger partial charge in [0.1, 0.15) is 18.1 Å². The molecule has 0 saturated carbocycles. The number of hydrogen-bond acceptors (Lipinski definition) is 3. The SMILES string of the molecule is N#CCO.c1ccc(Oc2ccccc2)cc1. The molecule has 0 aliphatic heterocycles. The van der Waals surface area contributed by atoms with Crippen LogP contribution in [-0.4, -0.2) is 11.7 Å². The molecule has 0 heterocycles. The lowest BCUT2D eigenvalue weighted by atomic mass is 10.3. The van der Waals surface area contributed by atoms with Crippen molar-refractivity contribution >= 4 is 0 Å². The van der Waals surface area contributed by atoms with Crippen LogP contribution in [0.2, 0.25) is 0 Å². The third-order valence-electron chi connectivity index (χ3n) is 1.79. The summed E-state index contributed by atoms with van der Waals surface area (Å²) in [5, 5.41) is 14.9. The Labute approximate surface area is 101 Å². The second-order valence-corrected chi connectivity index (χ2v) is 3.04. The molecule has 0 aliphatic carbocycles. The van der Waals surface area contributed by atoms with Crippen LogP contribution in [0.4, 0.5) is 0 Å². The zero-order valence-corrected chi connectivity index (χ0v) is 9.28. The Balaban J connectivity index is 0.000000317. The van der Waals surface area contributed by atoms with Crippen LogP contribution in [0.1, 0.15) is 0 Å². The van der Waals surface area contributed by atoms with Crippen molar-refractivity contribution in [1.82, 2.24) is 0 Å². The molecule has 0 radical (unpaired) electrons. The van der Waals surface area contributed by atoms with E-state index in [4.69, 9.17) is 15.1 Å². The molecule has 86 valence electrons. The van der Waals surface area contributed by atoms with Gasteiger partial charge >= 0.3 is 0 Å². The first kappa shape index (κ1) is 12.8. The first-order valence-electron chi connectivity index (χ1n) is 5.12. The average molecular weight is 227 g/mol. The monoisotopic (exact) mass is 227 g/mol. The largest absolute Gasteiger partial charge is 0.457 e. The number of nitriles is 1. The van der Waals surface area contributed by atoms with E-state index in [2.05, 4.69) is 0 Å². The lowest BCUT2D eigenvalue weighted by molar-refractivity contribution is 0.348. The minimum atomic E-state index is -0.375. The predicted octanol–water partition coefficient (Wildman–Crippen LogP) is 2.98. The minimum Gasteiger partial charge on any atom is -0.457 e. The number of para-hydroxylation sites is 2. The lowest BCUT2D eigenvalue weighted by Crippen LogP contribution is -1.81. The summed E-state index contributed by atoms with van der Waals surface area (Å²) in [6.45, 7) is -0.375. The highest BCUT2D eigenvalue weighted by Gasteiger charge is 1.92. The van der Waals surface area contributed by atoms with Gasteiger partial charge in [0.2, 0.25) is 0 Å². The van der Waals surface area contributed by atoms with E-state index in [-0.39, 0.29) is 6.61 Å². The van der Waals surface area contributed by atoms with Crippen LogP contribution >= 0.6 is 0 Å². The quantitative estimate of drug-likeness (QED) is 0.802. The Morgan fingerprint density at radius 3 is 1.53 bits per heavy atom. The molecule has 2 aromatic rings. The van der Waals surface area contributed by atoms with Crippen LogP contribution in [0.25, 0.3) is 0 Å². The fourth-order valence-corrected chi connectivity index (χ4v) is 1.11. The number of aliphatic hydroxyl groups excluding tert-OH is 1. The molecular formula is C14H13NO2. The van der Waals surface area contributed by atoms with Gasteiger partial charge < -0.3 is 9.84 Å². The van der Waals surface area contributed by atoms with E-state index in [1.165, 1.54) is 6.07 Å². The van der Waals surface area contributed by atoms with E-state index in [1.807, 2.05) is 60.7 Å². The lowest BCUT2D eigenvalue weighted by Gasteiger charge is -2.03. The second-order valence-electron chi connectivity index (χ2n) is 3.04. The van der Waals surface area contributed by atoms with Gasteiger partial charge in [0.05, 0.1) is 6.07 Å². The van der Waals surface area contributed by atoms with Crippen molar-refractivity contribution in [2.75, 3.05) is 6.61 Å². The van der Waals surface area contributed by atoms with Crippen molar-refractivity contribution in [3.8, 4) is 17.6 Å². The highest BCUT2D eigenvalue weighted by molar-refractivity contribution is 5.30. The maximum absolute atomic E-state index is 7.51. The molecule has 3 nitrogen and oxygen atoms in total. The first-order valence-corrected chi connectivity index (χ1v) is 5.12. The minimum absolute atomic E-state index is 0.375. The van der Waals surface area contributed by atoms with Crippen LogP contribution in [0.5, 0.6) is 11.5 Å². The normalized spacial score (nSPS) is 8.47.